The summed E-state index contributed by atoms with van der Waals surface area (Å²) in [6, 6.07) is 0. The Bertz CT molecular complexity index is 170. The van der Waals surface area contributed by atoms with Gasteiger partial charge in [0.1, 0.15) is 0 Å². The minimum absolute atomic E-state index is 0.604. The zero-order chi connectivity index (χ0) is 7.94. The van der Waals surface area contributed by atoms with Crippen LogP contribution in [0.5, 0.6) is 0 Å². The summed E-state index contributed by atoms with van der Waals surface area (Å²) in [5.41, 5.74) is 2.86. The van der Waals surface area contributed by atoms with Crippen molar-refractivity contribution < 1.29 is 0 Å². The molecule has 1 aliphatic carbocycles. The van der Waals surface area contributed by atoms with Gasteiger partial charge in [-0.1, -0.05) is 31.6 Å². The largest absolute Gasteiger partial charge is 0.132 e. The fourth-order valence-electron chi connectivity index (χ4n) is 1.48. The van der Waals surface area contributed by atoms with Gasteiger partial charge >= 0.3 is 0 Å². The Kier molecular flexibility index (Phi) is 3.79. The van der Waals surface area contributed by atoms with Crippen LogP contribution in [-0.4, -0.2) is 0 Å². The van der Waals surface area contributed by atoms with E-state index in [2.05, 4.69) is 30.5 Å². The van der Waals surface area contributed by atoms with E-state index < -0.39 is 0 Å². The molecule has 0 heterocycles. The summed E-state index contributed by atoms with van der Waals surface area (Å²) in [4.78, 5) is 0. The molecule has 0 saturated heterocycles. The van der Waals surface area contributed by atoms with Gasteiger partial charge in [-0.05, 0) is 25.3 Å². The first-order chi connectivity index (χ1) is 5.43. The van der Waals surface area contributed by atoms with Crippen LogP contribution in [0.25, 0.3) is 0 Å². The third kappa shape index (κ3) is 3.25. The average molecular weight is 148 g/mol. The number of rotatable bonds is 1. The molecule has 0 aliphatic heterocycles. The third-order valence-electron chi connectivity index (χ3n) is 2.12. The fraction of sp³-hybridized carbons (Fsp3) is 0.545. The molecule has 0 saturated carbocycles. The Morgan fingerprint density at radius 3 is 3.09 bits per heavy atom. The molecule has 0 aromatic heterocycles. The lowest BCUT2D eigenvalue weighted by Crippen LogP contribution is -1.94. The summed E-state index contributed by atoms with van der Waals surface area (Å²) in [6.45, 7) is 3.59. The molecule has 0 N–H and O–H groups in total. The molecular formula is C11H16. The van der Waals surface area contributed by atoms with E-state index in [0.717, 1.165) is 0 Å². The predicted molar refractivity (Wildman–Crippen MR) is 49.4 cm³/mol. The molecule has 0 aromatic carbocycles. The lowest BCUT2D eigenvalue weighted by atomic mass is 9.97. The molecule has 0 aromatic rings. The van der Waals surface area contributed by atoms with E-state index in [1.54, 1.807) is 0 Å². The maximum absolute atomic E-state index is 3.59. The average Bonchev–Trinajstić information content (AvgIpc) is 1.94. The zero-order valence-corrected chi connectivity index (χ0v) is 7.05. The second-order valence-corrected chi connectivity index (χ2v) is 3.10. The molecule has 0 amide bonds. The van der Waals surface area contributed by atoms with Crippen LogP contribution in [0.3, 0.4) is 0 Å². The summed E-state index contributed by atoms with van der Waals surface area (Å²) < 4.78 is 0. The number of hydrogen-bond donors (Lipinski definition) is 0. The monoisotopic (exact) mass is 148 g/mol. The molecule has 11 heavy (non-hydrogen) atoms. The highest BCUT2D eigenvalue weighted by molar-refractivity contribution is 4.99. The first-order valence-corrected chi connectivity index (χ1v) is 4.46. The maximum Gasteiger partial charge on any atom is 0.00222 e. The summed E-state index contributed by atoms with van der Waals surface area (Å²) in [5.74, 6) is 0.604. The van der Waals surface area contributed by atoms with E-state index in [1.807, 2.05) is 0 Å². The van der Waals surface area contributed by atoms with Gasteiger partial charge in [-0.3, -0.25) is 0 Å². The van der Waals surface area contributed by atoms with Gasteiger partial charge in [-0.25, -0.2) is 0 Å². The van der Waals surface area contributed by atoms with Gasteiger partial charge in [0.05, 0.1) is 0 Å². The highest BCUT2D eigenvalue weighted by Gasteiger charge is 2.01. The van der Waals surface area contributed by atoms with Gasteiger partial charge in [-0.2, -0.15) is 0 Å². The zero-order valence-electron chi connectivity index (χ0n) is 7.05. The van der Waals surface area contributed by atoms with Crippen molar-refractivity contribution in [1.29, 1.82) is 0 Å². The summed E-state index contributed by atoms with van der Waals surface area (Å²) in [7, 11) is 0. The molecular weight excluding hydrogens is 132 g/mol. The molecule has 1 unspecified atom stereocenters. The highest BCUT2D eigenvalue weighted by atomic mass is 14.1. The molecule has 1 rings (SSSR count). The second kappa shape index (κ2) is 4.98. The van der Waals surface area contributed by atoms with Crippen LogP contribution < -0.4 is 0 Å². The van der Waals surface area contributed by atoms with Crippen LogP contribution in [-0.2, 0) is 0 Å². The van der Waals surface area contributed by atoms with Crippen LogP contribution in [0.15, 0.2) is 30.5 Å². The van der Waals surface area contributed by atoms with E-state index in [1.165, 1.54) is 32.1 Å². The third-order valence-corrected chi connectivity index (χ3v) is 2.12. The van der Waals surface area contributed by atoms with Gasteiger partial charge in [-0.15, -0.1) is 5.73 Å². The minimum atomic E-state index is 0.604. The highest BCUT2D eigenvalue weighted by Crippen LogP contribution is 2.17. The quantitative estimate of drug-likeness (QED) is 0.394. The van der Waals surface area contributed by atoms with E-state index in [-0.39, 0.29) is 0 Å². The summed E-state index contributed by atoms with van der Waals surface area (Å²) in [5, 5.41) is 0. The second-order valence-electron chi connectivity index (χ2n) is 3.10. The van der Waals surface area contributed by atoms with E-state index >= 15 is 0 Å². The normalized spacial score (nSPS) is 24.9. The van der Waals surface area contributed by atoms with Gasteiger partial charge in [0, 0.05) is 5.92 Å². The lowest BCUT2D eigenvalue weighted by Gasteiger charge is -2.09. The van der Waals surface area contributed by atoms with Gasteiger partial charge in [0.2, 0.25) is 0 Å². The molecule has 0 nitrogen and oxygen atoms in total. The SMILES string of the molecule is C=C=CC1C=CCCCCC1. The van der Waals surface area contributed by atoms with E-state index in [9.17, 15) is 0 Å². The Hall–Kier alpha value is -0.740. The van der Waals surface area contributed by atoms with Crippen LogP contribution in [0.1, 0.15) is 32.1 Å². The van der Waals surface area contributed by atoms with Crippen molar-refractivity contribution in [3.05, 3.63) is 30.5 Å². The number of allylic oxidation sites excluding steroid dienone is 3. The van der Waals surface area contributed by atoms with Crippen molar-refractivity contribution in [2.45, 2.75) is 32.1 Å². The van der Waals surface area contributed by atoms with Crippen molar-refractivity contribution in [2.75, 3.05) is 0 Å². The maximum atomic E-state index is 3.59. The topological polar surface area (TPSA) is 0 Å². The smallest absolute Gasteiger partial charge is 0.00222 e. The lowest BCUT2D eigenvalue weighted by molar-refractivity contribution is 0.583. The first-order valence-electron chi connectivity index (χ1n) is 4.46. The fourth-order valence-corrected chi connectivity index (χ4v) is 1.48. The minimum Gasteiger partial charge on any atom is -0.132 e. The Balaban J connectivity index is 2.47. The van der Waals surface area contributed by atoms with Crippen LogP contribution in [0.2, 0.25) is 0 Å². The first kappa shape index (κ1) is 8.36. The standard InChI is InChI=1S/C11H16/c1-2-8-11-9-6-4-3-5-7-10-11/h6,8-9,11H,1,3-5,7,10H2. The van der Waals surface area contributed by atoms with Crippen LogP contribution in [0, 0.1) is 5.92 Å². The predicted octanol–water partition coefficient (Wildman–Crippen LogP) is 3.46. The molecule has 0 bridgehead atoms. The van der Waals surface area contributed by atoms with E-state index in [4.69, 9.17) is 0 Å². The van der Waals surface area contributed by atoms with E-state index in [0.29, 0.717) is 5.92 Å². The molecule has 0 radical (unpaired) electrons. The molecule has 0 spiro atoms. The van der Waals surface area contributed by atoms with Crippen LogP contribution >= 0.6 is 0 Å². The summed E-state index contributed by atoms with van der Waals surface area (Å²) in [6.07, 6.45) is 13.3. The Morgan fingerprint density at radius 2 is 2.27 bits per heavy atom. The Labute approximate surface area is 69.3 Å². The molecule has 0 fully saturated rings. The van der Waals surface area contributed by atoms with Crippen molar-refractivity contribution in [3.63, 3.8) is 0 Å². The van der Waals surface area contributed by atoms with Crippen LogP contribution in [0.4, 0.5) is 0 Å². The molecule has 60 valence electrons. The summed E-state index contributed by atoms with van der Waals surface area (Å²) >= 11 is 0. The Morgan fingerprint density at radius 1 is 1.36 bits per heavy atom. The van der Waals surface area contributed by atoms with Crippen molar-refractivity contribution >= 4 is 0 Å². The van der Waals surface area contributed by atoms with Gasteiger partial charge in [0.15, 0.2) is 0 Å². The van der Waals surface area contributed by atoms with Crippen molar-refractivity contribution in [3.8, 4) is 0 Å². The molecule has 1 atom stereocenters. The van der Waals surface area contributed by atoms with Gasteiger partial charge in [0.25, 0.3) is 0 Å². The molecule has 1 aliphatic rings. The molecule has 0 heteroatoms. The van der Waals surface area contributed by atoms with Crippen molar-refractivity contribution in [2.24, 2.45) is 5.92 Å². The number of hydrogen-bond acceptors (Lipinski definition) is 0. The van der Waals surface area contributed by atoms with Crippen molar-refractivity contribution in [1.82, 2.24) is 0 Å². The van der Waals surface area contributed by atoms with Gasteiger partial charge < -0.3 is 0 Å².